The van der Waals surface area contributed by atoms with Crippen LogP contribution in [0.5, 0.6) is 0 Å². The summed E-state index contributed by atoms with van der Waals surface area (Å²) >= 11 is 12.7. The van der Waals surface area contributed by atoms with Crippen LogP contribution >= 0.6 is 79.4 Å². The summed E-state index contributed by atoms with van der Waals surface area (Å²) in [6, 6.07) is 32.0. The molecule has 1 aliphatic heterocycles. The van der Waals surface area contributed by atoms with Crippen LogP contribution in [0.1, 0.15) is 291 Å². The van der Waals surface area contributed by atoms with Gasteiger partial charge in [0.1, 0.15) is 11.2 Å². The van der Waals surface area contributed by atoms with Gasteiger partial charge >= 0.3 is 17.6 Å². The van der Waals surface area contributed by atoms with E-state index in [0.717, 1.165) is 128 Å². The van der Waals surface area contributed by atoms with E-state index >= 15 is 0 Å². The van der Waals surface area contributed by atoms with E-state index < -0.39 is 29.7 Å². The maximum Gasteiger partial charge on any atom is 0.336 e. The van der Waals surface area contributed by atoms with Gasteiger partial charge in [-0.05, 0) is 194 Å². The summed E-state index contributed by atoms with van der Waals surface area (Å²) in [7, 11) is 0. The SMILES string of the molecule is [C-]#[N+]/C(C(=O)O)=c1\s/c(=C\c2sc(-c3sc(-c4sc(-c5sc(-c6sc(-c7sc(-c8ccc9c(c8)C(C)(C)c8ccccc8N9CCCCCC)cc7CCCCCC)cc6CCCCCC)cc5CCCCCC)cc4CCCCCC)cc3CCCCCC)cc2CCCCCC)c(=O)n1CC(=O)O. The summed E-state index contributed by atoms with van der Waals surface area (Å²) in [4.78, 5) is 60.5. The van der Waals surface area contributed by atoms with Crippen molar-refractivity contribution in [2.75, 3.05) is 11.4 Å². The molecular formula is C90H115N3O5S7. The number of carboxylic acid groups (broad SMARTS) is 2. The lowest BCUT2D eigenvalue weighted by Gasteiger charge is -2.42. The molecule has 1 aliphatic rings. The van der Waals surface area contributed by atoms with E-state index in [1.165, 1.54) is 233 Å². The molecule has 9 aromatic rings. The Hall–Kier alpha value is -5.96. The average molecular weight is 1540 g/mol. The molecule has 0 spiro atoms. The maximum atomic E-state index is 14.2. The van der Waals surface area contributed by atoms with Gasteiger partial charge in [0.2, 0.25) is 0 Å². The molecule has 2 aromatic carbocycles. The van der Waals surface area contributed by atoms with Crippen LogP contribution in [-0.4, -0.2) is 33.3 Å². The van der Waals surface area contributed by atoms with Crippen LogP contribution in [0.15, 0.2) is 83.7 Å². The monoisotopic (exact) mass is 1540 g/mol. The minimum absolute atomic E-state index is 0.142. The van der Waals surface area contributed by atoms with Crippen molar-refractivity contribution in [3.05, 3.63) is 159 Å². The van der Waals surface area contributed by atoms with E-state index in [1.54, 1.807) is 11.3 Å². The molecule has 0 fully saturated rings. The molecule has 0 aliphatic carbocycles. The summed E-state index contributed by atoms with van der Waals surface area (Å²) in [6.45, 7) is 29.0. The van der Waals surface area contributed by atoms with E-state index in [-0.39, 0.29) is 14.6 Å². The molecule has 7 aromatic heterocycles. The fourth-order valence-corrected chi connectivity index (χ4v) is 24.2. The number of rotatable bonds is 45. The maximum absolute atomic E-state index is 14.2. The van der Waals surface area contributed by atoms with Crippen molar-refractivity contribution < 1.29 is 19.8 Å². The van der Waals surface area contributed by atoms with Gasteiger partial charge in [-0.25, -0.2) is 4.85 Å². The highest BCUT2D eigenvalue weighted by Gasteiger charge is 2.37. The lowest BCUT2D eigenvalue weighted by atomic mass is 9.73. The van der Waals surface area contributed by atoms with Gasteiger partial charge < -0.3 is 15.1 Å². The van der Waals surface area contributed by atoms with Crippen LogP contribution in [-0.2, 0) is 60.1 Å². The number of aryl methyl sites for hydroxylation is 6. The fraction of sp³-hybridized carbons (Fsp3) is 0.511. The van der Waals surface area contributed by atoms with E-state index in [4.69, 9.17) is 6.57 Å². The molecule has 0 radical (unpaired) electrons. The van der Waals surface area contributed by atoms with Crippen LogP contribution in [0.3, 0.4) is 0 Å². The summed E-state index contributed by atoms with van der Waals surface area (Å²) in [6.07, 6.45) is 41.2. The van der Waals surface area contributed by atoms with E-state index in [1.807, 2.05) is 40.1 Å². The molecule has 2 N–H and O–H groups in total. The molecule has 8 nitrogen and oxygen atoms in total. The smallest absolute Gasteiger partial charge is 0.336 e. The fourth-order valence-electron chi connectivity index (χ4n) is 15.2. The Labute approximate surface area is 655 Å². The van der Waals surface area contributed by atoms with Gasteiger partial charge in [-0.1, -0.05) is 221 Å². The van der Waals surface area contributed by atoms with Crippen LogP contribution < -0.4 is 19.7 Å². The molecule has 0 atom stereocenters. The Morgan fingerprint density at radius 1 is 0.438 bits per heavy atom. The number of thiazole rings is 1. The van der Waals surface area contributed by atoms with E-state index in [2.05, 4.69) is 174 Å². The number of para-hydroxylation sites is 1. The molecule has 562 valence electrons. The molecule has 0 bridgehead atoms. The van der Waals surface area contributed by atoms with Crippen LogP contribution in [0.2, 0.25) is 0 Å². The third-order valence-corrected chi connectivity index (χ3v) is 30.2. The topological polar surface area (TPSA) is 104 Å². The van der Waals surface area contributed by atoms with Crippen molar-refractivity contribution in [3.8, 4) is 59.2 Å². The second-order valence-electron chi connectivity index (χ2n) is 29.7. The quantitative estimate of drug-likeness (QED) is 0.0291. The number of unbranched alkanes of at least 4 members (excludes halogenated alkanes) is 21. The van der Waals surface area contributed by atoms with Crippen molar-refractivity contribution in [2.45, 2.75) is 293 Å². The zero-order valence-electron chi connectivity index (χ0n) is 64.4. The molecule has 0 amide bonds. The van der Waals surface area contributed by atoms with Gasteiger partial charge in [-0.15, -0.1) is 79.4 Å². The third-order valence-electron chi connectivity index (χ3n) is 21.1. The number of benzene rings is 2. The van der Waals surface area contributed by atoms with Gasteiger partial charge in [0.25, 0.3) is 5.56 Å². The second-order valence-corrected chi connectivity index (χ2v) is 37.1. The van der Waals surface area contributed by atoms with Crippen LogP contribution in [0, 0.1) is 6.57 Å². The number of anilines is 2. The van der Waals surface area contributed by atoms with Gasteiger partial charge in [0.05, 0.1) is 11.1 Å². The first-order chi connectivity index (χ1) is 51.1. The molecule has 0 unspecified atom stereocenters. The number of hydrogen-bond acceptors (Lipinski definition) is 11. The highest BCUT2D eigenvalue weighted by molar-refractivity contribution is 7.31. The molecule has 8 heterocycles. The van der Waals surface area contributed by atoms with Crippen molar-refractivity contribution in [1.82, 2.24) is 4.57 Å². The number of aliphatic carboxylic acids is 2. The Kier molecular flexibility index (Phi) is 31.4. The Morgan fingerprint density at radius 2 is 0.810 bits per heavy atom. The zero-order valence-corrected chi connectivity index (χ0v) is 70.1. The highest BCUT2D eigenvalue weighted by atomic mass is 32.1. The number of fused-ring (bicyclic) bond motifs is 2. The Balaban J connectivity index is 1.09. The summed E-state index contributed by atoms with van der Waals surface area (Å²) < 4.78 is 1.01. The van der Waals surface area contributed by atoms with Crippen molar-refractivity contribution >= 4 is 114 Å². The number of aromatic nitrogens is 1. The van der Waals surface area contributed by atoms with Crippen molar-refractivity contribution in [1.29, 1.82) is 0 Å². The molecule has 10 rings (SSSR count). The summed E-state index contributed by atoms with van der Waals surface area (Å²) in [5.41, 5.74) is 14.0. The predicted molar refractivity (Wildman–Crippen MR) is 460 cm³/mol. The van der Waals surface area contributed by atoms with Crippen molar-refractivity contribution in [3.63, 3.8) is 0 Å². The van der Waals surface area contributed by atoms with Crippen LogP contribution in [0.25, 0.3) is 75.8 Å². The first kappa shape index (κ1) is 81.6. The van der Waals surface area contributed by atoms with Gasteiger partial charge in [-0.2, -0.15) is 0 Å². The summed E-state index contributed by atoms with van der Waals surface area (Å²) in [5, 5.41) is 19.9. The number of carboxylic acids is 2. The number of carbonyl (C=O) groups is 2. The third kappa shape index (κ3) is 20.5. The van der Waals surface area contributed by atoms with Crippen LogP contribution in [0.4, 0.5) is 11.4 Å². The van der Waals surface area contributed by atoms with Crippen molar-refractivity contribution in [2.24, 2.45) is 0 Å². The predicted octanol–water partition coefficient (Wildman–Crippen LogP) is 27.4. The first-order valence-corrected chi connectivity index (χ1v) is 45.9. The van der Waals surface area contributed by atoms with Gasteiger partial charge in [0, 0.05) is 81.9 Å². The molecule has 0 saturated carbocycles. The lowest BCUT2D eigenvalue weighted by molar-refractivity contribution is -0.138. The summed E-state index contributed by atoms with van der Waals surface area (Å²) in [5.74, 6) is -2.77. The average Bonchev–Trinajstić information content (AvgIpc) is 1.73. The first-order valence-electron chi connectivity index (χ1n) is 40.2. The van der Waals surface area contributed by atoms with E-state index in [9.17, 15) is 24.6 Å². The second kappa shape index (κ2) is 40.5. The molecule has 15 heteroatoms. The number of nitrogens with zero attached hydrogens (tertiary/aromatic N) is 3. The molecule has 0 saturated heterocycles. The number of hydrogen-bond donors (Lipinski definition) is 2. The Morgan fingerprint density at radius 3 is 1.22 bits per heavy atom. The largest absolute Gasteiger partial charge is 0.486 e. The highest BCUT2D eigenvalue weighted by Crippen LogP contribution is 2.55. The molecule has 105 heavy (non-hydrogen) atoms. The zero-order chi connectivity index (χ0) is 74.4. The minimum atomic E-state index is -1.49. The van der Waals surface area contributed by atoms with Gasteiger partial charge in [-0.3, -0.25) is 19.0 Å². The normalized spacial score (nSPS) is 13.1. The standard InChI is InChI=1S/C90H115N3O5S7/c1-11-18-25-32-41-61-53-74(99-73(61)59-79-87(96)93(60-80(94)95)88(105-79)81(91-10)89(97)98)82-64(43-34-27-20-13-3)55-76(101-82)84-66(45-36-29-22-15-5)57-78(103-84)86-67(46-37-30-23-16-6)58-77(104-86)85-65(44-35-28-21-14-4)56-75(102-85)83-63(42-33-26-19-12-2)54-72(100-83)62-49-50-71-69(52-62)90(8,9)68-47-38-39-48-70(68)92(71)51-40-31-24-17-7/h38-39,47-50,52-59H,11-37,40-46,51,60H2,1-9H3,(H,94,95)(H,97,98)/b79-59-,88-81-. The lowest BCUT2D eigenvalue weighted by Crippen LogP contribution is -2.35. The Bertz CT molecular complexity index is 4560. The van der Waals surface area contributed by atoms with E-state index in [0.29, 0.717) is 0 Å². The number of thiophene rings is 6. The van der Waals surface area contributed by atoms with Gasteiger partial charge in [0.15, 0.2) is 0 Å². The minimum Gasteiger partial charge on any atom is -0.486 e. The molecular weight excluding hydrogens is 1430 g/mol.